The van der Waals surface area contributed by atoms with Crippen LogP contribution in [0.25, 0.3) is 0 Å². The third-order valence-electron chi connectivity index (χ3n) is 3.34. The van der Waals surface area contributed by atoms with Crippen LogP contribution in [0.3, 0.4) is 0 Å². The van der Waals surface area contributed by atoms with Crippen LogP contribution in [0, 0.1) is 0 Å². The van der Waals surface area contributed by atoms with Gasteiger partial charge < -0.3 is 9.64 Å². The molecule has 0 spiro atoms. The fraction of sp³-hybridized carbons (Fsp3) is 0.615. The molecule has 0 aromatic carbocycles. The Morgan fingerprint density at radius 1 is 1.61 bits per heavy atom. The average Bonchev–Trinajstić information content (AvgIpc) is 2.96. The van der Waals surface area contributed by atoms with Crippen molar-refractivity contribution in [2.45, 2.75) is 38.5 Å². The van der Waals surface area contributed by atoms with Gasteiger partial charge in [-0.15, -0.1) is 11.3 Å². The van der Waals surface area contributed by atoms with Gasteiger partial charge in [-0.2, -0.15) is 0 Å². The Hall–Kier alpha value is -0.910. The Morgan fingerprint density at radius 3 is 3.00 bits per heavy atom. The van der Waals surface area contributed by atoms with Gasteiger partial charge in [-0.1, -0.05) is 6.07 Å². The van der Waals surface area contributed by atoms with Crippen molar-refractivity contribution in [3.05, 3.63) is 22.4 Å². The number of methoxy groups -OCH3 is 1. The van der Waals surface area contributed by atoms with Crippen LogP contribution >= 0.6 is 11.3 Å². The highest BCUT2D eigenvalue weighted by Crippen LogP contribution is 2.30. The van der Waals surface area contributed by atoms with Crippen molar-refractivity contribution in [2.75, 3.05) is 13.7 Å². The molecule has 0 saturated carbocycles. The quantitative estimate of drug-likeness (QED) is 0.888. The van der Waals surface area contributed by atoms with Gasteiger partial charge in [0, 0.05) is 24.6 Å². The molecule has 1 aromatic rings. The summed E-state index contributed by atoms with van der Waals surface area (Å²) in [4.78, 5) is 15.4. The van der Waals surface area contributed by atoms with Crippen LogP contribution in [0.1, 0.15) is 31.3 Å². The maximum atomic E-state index is 12.2. The number of nitrogens with zero attached hydrogens (tertiary/aromatic N) is 1. The van der Waals surface area contributed by atoms with Gasteiger partial charge in [-0.05, 0) is 31.7 Å². The first-order valence-corrected chi connectivity index (χ1v) is 7.13. The molecule has 1 aliphatic heterocycles. The number of nitrogens with one attached hydrogen (secondary N) is 1. The highest BCUT2D eigenvalue weighted by Gasteiger charge is 2.39. The molecule has 1 amide bonds. The monoisotopic (exact) mass is 268 g/mol. The van der Waals surface area contributed by atoms with Crippen molar-refractivity contribution >= 4 is 17.2 Å². The molecule has 100 valence electrons. The lowest BCUT2D eigenvalue weighted by Gasteiger charge is -2.29. The molecule has 1 saturated heterocycles. The standard InChI is InChI=1S/C13H20N2O2S/c1-9(6-7-17-3)15-12(11-5-4-8-18-11)14-10(2)13(15)16/h4-5,8-10,12,14H,6-7H2,1-3H3. The zero-order valence-electron chi connectivity index (χ0n) is 11.1. The minimum Gasteiger partial charge on any atom is -0.385 e. The Kier molecular flexibility index (Phi) is 4.37. The van der Waals surface area contributed by atoms with Gasteiger partial charge in [-0.3, -0.25) is 10.1 Å². The summed E-state index contributed by atoms with van der Waals surface area (Å²) in [6.07, 6.45) is 0.873. The van der Waals surface area contributed by atoms with Crippen molar-refractivity contribution in [1.29, 1.82) is 0 Å². The van der Waals surface area contributed by atoms with E-state index in [-0.39, 0.29) is 24.2 Å². The third-order valence-corrected chi connectivity index (χ3v) is 4.26. The average molecular weight is 268 g/mol. The lowest BCUT2D eigenvalue weighted by atomic mass is 10.2. The van der Waals surface area contributed by atoms with Crippen LogP contribution in [0.15, 0.2) is 17.5 Å². The molecule has 2 heterocycles. The van der Waals surface area contributed by atoms with E-state index in [4.69, 9.17) is 4.74 Å². The Balaban J connectivity index is 2.15. The minimum atomic E-state index is -0.109. The molecule has 3 atom stereocenters. The second kappa shape index (κ2) is 5.82. The van der Waals surface area contributed by atoms with Crippen molar-refractivity contribution in [3.63, 3.8) is 0 Å². The normalized spacial score (nSPS) is 25.7. The number of carbonyl (C=O) groups excluding carboxylic acids is 1. The number of carbonyl (C=O) groups is 1. The summed E-state index contributed by atoms with van der Waals surface area (Å²) in [5.74, 6) is 0.178. The largest absolute Gasteiger partial charge is 0.385 e. The van der Waals surface area contributed by atoms with E-state index in [1.165, 1.54) is 4.88 Å². The molecule has 18 heavy (non-hydrogen) atoms. The van der Waals surface area contributed by atoms with E-state index < -0.39 is 0 Å². The first-order chi connectivity index (χ1) is 8.65. The smallest absolute Gasteiger partial charge is 0.241 e. The number of hydrogen-bond donors (Lipinski definition) is 1. The van der Waals surface area contributed by atoms with Gasteiger partial charge in [0.2, 0.25) is 5.91 Å². The van der Waals surface area contributed by atoms with Crippen LogP contribution in [-0.4, -0.2) is 36.6 Å². The van der Waals surface area contributed by atoms with Gasteiger partial charge in [0.25, 0.3) is 0 Å². The highest BCUT2D eigenvalue weighted by atomic mass is 32.1. The zero-order chi connectivity index (χ0) is 13.1. The van der Waals surface area contributed by atoms with E-state index in [1.54, 1.807) is 18.4 Å². The Bertz CT molecular complexity index is 394. The summed E-state index contributed by atoms with van der Waals surface area (Å²) in [6.45, 7) is 4.68. The van der Waals surface area contributed by atoms with Crippen molar-refractivity contribution < 1.29 is 9.53 Å². The molecule has 4 nitrogen and oxygen atoms in total. The maximum Gasteiger partial charge on any atom is 0.241 e. The molecular formula is C13H20N2O2S. The lowest BCUT2D eigenvalue weighted by molar-refractivity contribution is -0.132. The first kappa shape index (κ1) is 13.5. The second-order valence-corrected chi connectivity index (χ2v) is 5.66. The number of amides is 1. The van der Waals surface area contributed by atoms with Crippen LogP contribution in [0.2, 0.25) is 0 Å². The summed E-state index contributed by atoms with van der Waals surface area (Å²) >= 11 is 1.68. The van der Waals surface area contributed by atoms with Crippen LogP contribution in [0.5, 0.6) is 0 Å². The first-order valence-electron chi connectivity index (χ1n) is 6.25. The van der Waals surface area contributed by atoms with Crippen molar-refractivity contribution in [3.8, 4) is 0 Å². The zero-order valence-corrected chi connectivity index (χ0v) is 11.9. The highest BCUT2D eigenvalue weighted by molar-refractivity contribution is 7.10. The molecule has 1 aromatic heterocycles. The molecule has 1 aliphatic rings. The van der Waals surface area contributed by atoms with E-state index in [0.717, 1.165) is 6.42 Å². The fourth-order valence-electron chi connectivity index (χ4n) is 2.30. The lowest BCUT2D eigenvalue weighted by Crippen LogP contribution is -2.38. The van der Waals surface area contributed by atoms with Crippen LogP contribution in [-0.2, 0) is 9.53 Å². The summed E-state index contributed by atoms with van der Waals surface area (Å²) in [5, 5.41) is 5.40. The third kappa shape index (κ3) is 2.58. The number of hydrogen-bond acceptors (Lipinski definition) is 4. The maximum absolute atomic E-state index is 12.2. The summed E-state index contributed by atoms with van der Waals surface area (Å²) < 4.78 is 5.10. The number of rotatable bonds is 5. The van der Waals surface area contributed by atoms with E-state index >= 15 is 0 Å². The minimum absolute atomic E-state index is 0.0133. The molecule has 0 radical (unpaired) electrons. The van der Waals surface area contributed by atoms with Gasteiger partial charge in [-0.25, -0.2) is 0 Å². The van der Waals surface area contributed by atoms with E-state index in [9.17, 15) is 4.79 Å². The van der Waals surface area contributed by atoms with Crippen LogP contribution in [0.4, 0.5) is 0 Å². The molecular weight excluding hydrogens is 248 g/mol. The van der Waals surface area contributed by atoms with E-state index in [2.05, 4.69) is 18.3 Å². The molecule has 0 aliphatic carbocycles. The van der Waals surface area contributed by atoms with Crippen LogP contribution < -0.4 is 5.32 Å². The summed E-state index contributed by atoms with van der Waals surface area (Å²) in [5.41, 5.74) is 0. The molecule has 5 heteroatoms. The van der Waals surface area contributed by atoms with Crippen molar-refractivity contribution in [1.82, 2.24) is 10.2 Å². The topological polar surface area (TPSA) is 41.6 Å². The number of thiophene rings is 1. The summed E-state index contributed by atoms with van der Waals surface area (Å²) in [6, 6.07) is 4.17. The van der Waals surface area contributed by atoms with Gasteiger partial charge in [0.05, 0.1) is 6.04 Å². The Morgan fingerprint density at radius 2 is 2.39 bits per heavy atom. The van der Waals surface area contributed by atoms with E-state index in [0.29, 0.717) is 6.61 Å². The molecule has 2 rings (SSSR count). The van der Waals surface area contributed by atoms with E-state index in [1.807, 2.05) is 23.3 Å². The predicted octanol–water partition coefficient (Wildman–Crippen LogP) is 1.99. The number of ether oxygens (including phenoxy) is 1. The van der Waals surface area contributed by atoms with Gasteiger partial charge >= 0.3 is 0 Å². The fourth-order valence-corrected chi connectivity index (χ4v) is 3.09. The molecule has 1 N–H and O–H groups in total. The van der Waals surface area contributed by atoms with Crippen molar-refractivity contribution in [2.24, 2.45) is 0 Å². The molecule has 0 bridgehead atoms. The predicted molar refractivity (Wildman–Crippen MR) is 72.5 cm³/mol. The Labute approximate surface area is 112 Å². The summed E-state index contributed by atoms with van der Waals surface area (Å²) in [7, 11) is 1.69. The SMILES string of the molecule is COCCC(C)N1C(=O)C(C)NC1c1cccs1. The van der Waals surface area contributed by atoms with Gasteiger partial charge in [0.15, 0.2) is 0 Å². The molecule has 3 unspecified atom stereocenters. The second-order valence-electron chi connectivity index (χ2n) is 4.68. The molecule has 1 fully saturated rings. The van der Waals surface area contributed by atoms with Gasteiger partial charge in [0.1, 0.15) is 6.17 Å².